The van der Waals surface area contributed by atoms with E-state index in [1.165, 1.54) is 5.56 Å². The maximum Gasteiger partial charge on any atom is 0.145 e. The van der Waals surface area contributed by atoms with Gasteiger partial charge in [-0.05, 0) is 38.1 Å². The summed E-state index contributed by atoms with van der Waals surface area (Å²) in [5, 5.41) is 0. The van der Waals surface area contributed by atoms with Gasteiger partial charge in [0, 0.05) is 6.07 Å². The summed E-state index contributed by atoms with van der Waals surface area (Å²) in [6.07, 6.45) is 0. The molecule has 0 aliphatic carbocycles. The third-order valence-corrected chi connectivity index (χ3v) is 2.54. The van der Waals surface area contributed by atoms with Crippen LogP contribution >= 0.6 is 0 Å². The molecule has 0 aliphatic rings. The molecular formula is C15H17NO2. The average Bonchev–Trinajstić information content (AvgIpc) is 2.37. The molecule has 3 nitrogen and oxygen atoms in total. The molecule has 0 unspecified atom stereocenters. The minimum atomic E-state index is 0.582. The summed E-state index contributed by atoms with van der Waals surface area (Å²) < 4.78 is 11.2. The molecule has 0 saturated carbocycles. The first-order valence-electron chi connectivity index (χ1n) is 5.96. The zero-order chi connectivity index (χ0) is 13.0. The maximum absolute atomic E-state index is 5.81. The van der Waals surface area contributed by atoms with Gasteiger partial charge in [0.05, 0.1) is 12.3 Å². The van der Waals surface area contributed by atoms with Gasteiger partial charge in [-0.25, -0.2) is 0 Å². The van der Waals surface area contributed by atoms with Crippen molar-refractivity contribution in [2.45, 2.75) is 13.8 Å². The minimum Gasteiger partial charge on any atom is -0.492 e. The fourth-order valence-electron chi connectivity index (χ4n) is 1.60. The Morgan fingerprint density at radius 1 is 1.00 bits per heavy atom. The Kier molecular flexibility index (Phi) is 3.72. The molecule has 0 amide bonds. The van der Waals surface area contributed by atoms with E-state index in [0.29, 0.717) is 18.0 Å². The van der Waals surface area contributed by atoms with Crippen molar-refractivity contribution in [3.63, 3.8) is 0 Å². The summed E-state index contributed by atoms with van der Waals surface area (Å²) in [4.78, 5) is 0. The van der Waals surface area contributed by atoms with E-state index in [0.717, 1.165) is 11.5 Å². The number of rotatable bonds is 4. The first-order valence-corrected chi connectivity index (χ1v) is 5.96. The van der Waals surface area contributed by atoms with Crippen LogP contribution in [0.3, 0.4) is 0 Å². The summed E-state index contributed by atoms with van der Waals surface area (Å²) >= 11 is 0. The van der Waals surface area contributed by atoms with E-state index in [9.17, 15) is 0 Å². The number of nitrogens with two attached hydrogens (primary N) is 1. The van der Waals surface area contributed by atoms with Crippen LogP contribution in [0, 0.1) is 6.92 Å². The van der Waals surface area contributed by atoms with Crippen molar-refractivity contribution < 1.29 is 9.47 Å². The molecule has 0 bridgehead atoms. The molecule has 18 heavy (non-hydrogen) atoms. The highest BCUT2D eigenvalue weighted by atomic mass is 16.5. The third-order valence-electron chi connectivity index (χ3n) is 2.54. The van der Waals surface area contributed by atoms with E-state index in [1.54, 1.807) is 12.1 Å². The van der Waals surface area contributed by atoms with Crippen LogP contribution in [-0.2, 0) is 0 Å². The van der Waals surface area contributed by atoms with Gasteiger partial charge in [-0.1, -0.05) is 17.7 Å². The lowest BCUT2D eigenvalue weighted by Crippen LogP contribution is -1.97. The molecule has 0 saturated heterocycles. The maximum atomic E-state index is 5.81. The number of aryl methyl sites for hydroxylation is 1. The van der Waals surface area contributed by atoms with Crippen molar-refractivity contribution >= 4 is 5.69 Å². The Hall–Kier alpha value is -2.16. The molecule has 0 aliphatic heterocycles. The van der Waals surface area contributed by atoms with Crippen LogP contribution in [0.5, 0.6) is 17.2 Å². The van der Waals surface area contributed by atoms with Crippen LogP contribution in [-0.4, -0.2) is 6.61 Å². The van der Waals surface area contributed by atoms with Gasteiger partial charge < -0.3 is 15.2 Å². The predicted molar refractivity (Wildman–Crippen MR) is 73.3 cm³/mol. The Labute approximate surface area is 107 Å². The van der Waals surface area contributed by atoms with E-state index in [1.807, 2.05) is 44.2 Å². The lowest BCUT2D eigenvalue weighted by molar-refractivity contribution is 0.340. The first kappa shape index (κ1) is 12.3. The lowest BCUT2D eigenvalue weighted by Gasteiger charge is -2.10. The number of ether oxygens (including phenoxy) is 2. The SMILES string of the molecule is CCOc1cc(Oc2ccc(C)cc2)ccc1N. The highest BCUT2D eigenvalue weighted by Gasteiger charge is 2.03. The molecule has 94 valence electrons. The van der Waals surface area contributed by atoms with Crippen LogP contribution in [0.4, 0.5) is 5.69 Å². The number of anilines is 1. The van der Waals surface area contributed by atoms with Crippen molar-refractivity contribution in [1.82, 2.24) is 0 Å². The van der Waals surface area contributed by atoms with E-state index in [-0.39, 0.29) is 0 Å². The predicted octanol–water partition coefficient (Wildman–Crippen LogP) is 3.77. The van der Waals surface area contributed by atoms with Crippen LogP contribution < -0.4 is 15.2 Å². The molecule has 3 heteroatoms. The van der Waals surface area contributed by atoms with Gasteiger partial charge in [-0.3, -0.25) is 0 Å². The van der Waals surface area contributed by atoms with Crippen LogP contribution in [0.15, 0.2) is 42.5 Å². The van der Waals surface area contributed by atoms with Crippen molar-refractivity contribution in [3.05, 3.63) is 48.0 Å². The molecule has 0 radical (unpaired) electrons. The second kappa shape index (κ2) is 5.45. The highest BCUT2D eigenvalue weighted by Crippen LogP contribution is 2.30. The lowest BCUT2D eigenvalue weighted by atomic mass is 10.2. The fourth-order valence-corrected chi connectivity index (χ4v) is 1.60. The van der Waals surface area contributed by atoms with Gasteiger partial charge in [0.15, 0.2) is 0 Å². The summed E-state index contributed by atoms with van der Waals surface area (Å²) in [6, 6.07) is 13.3. The van der Waals surface area contributed by atoms with Crippen molar-refractivity contribution in [2.75, 3.05) is 12.3 Å². The summed E-state index contributed by atoms with van der Waals surface area (Å²) in [7, 11) is 0. The second-order valence-electron chi connectivity index (χ2n) is 4.05. The van der Waals surface area contributed by atoms with Crippen molar-refractivity contribution in [1.29, 1.82) is 0 Å². The topological polar surface area (TPSA) is 44.5 Å². The number of hydrogen-bond acceptors (Lipinski definition) is 3. The monoisotopic (exact) mass is 243 g/mol. The average molecular weight is 243 g/mol. The molecule has 0 heterocycles. The zero-order valence-electron chi connectivity index (χ0n) is 10.6. The third kappa shape index (κ3) is 2.94. The molecular weight excluding hydrogens is 226 g/mol. The Balaban J connectivity index is 2.18. The standard InChI is InChI=1S/C15H17NO2/c1-3-17-15-10-13(8-9-14(15)16)18-12-6-4-11(2)5-7-12/h4-10H,3,16H2,1-2H3. The van der Waals surface area contributed by atoms with Crippen molar-refractivity contribution in [2.24, 2.45) is 0 Å². The quantitative estimate of drug-likeness (QED) is 0.831. The highest BCUT2D eigenvalue weighted by molar-refractivity contribution is 5.56. The molecule has 0 atom stereocenters. The Morgan fingerprint density at radius 2 is 1.67 bits per heavy atom. The van der Waals surface area contributed by atoms with Gasteiger partial charge in [0.2, 0.25) is 0 Å². The smallest absolute Gasteiger partial charge is 0.145 e. The van der Waals surface area contributed by atoms with E-state index >= 15 is 0 Å². The van der Waals surface area contributed by atoms with Gasteiger partial charge in [0.25, 0.3) is 0 Å². The largest absolute Gasteiger partial charge is 0.492 e. The van der Waals surface area contributed by atoms with Gasteiger partial charge >= 0.3 is 0 Å². The molecule has 2 aromatic rings. The van der Waals surface area contributed by atoms with Crippen LogP contribution in [0.1, 0.15) is 12.5 Å². The zero-order valence-corrected chi connectivity index (χ0v) is 10.6. The Morgan fingerprint density at radius 3 is 2.33 bits per heavy atom. The second-order valence-corrected chi connectivity index (χ2v) is 4.05. The molecule has 2 rings (SSSR count). The van der Waals surface area contributed by atoms with Gasteiger partial charge in [0.1, 0.15) is 17.2 Å². The number of nitrogen functional groups attached to an aromatic ring is 1. The molecule has 2 aromatic carbocycles. The number of benzene rings is 2. The summed E-state index contributed by atoms with van der Waals surface area (Å²) in [5.74, 6) is 2.17. The molecule has 2 N–H and O–H groups in total. The van der Waals surface area contributed by atoms with Gasteiger partial charge in [-0.2, -0.15) is 0 Å². The van der Waals surface area contributed by atoms with Crippen LogP contribution in [0.25, 0.3) is 0 Å². The van der Waals surface area contributed by atoms with E-state index < -0.39 is 0 Å². The minimum absolute atomic E-state index is 0.582. The first-order chi connectivity index (χ1) is 8.69. The van der Waals surface area contributed by atoms with E-state index in [4.69, 9.17) is 15.2 Å². The molecule has 0 aromatic heterocycles. The van der Waals surface area contributed by atoms with Crippen molar-refractivity contribution in [3.8, 4) is 17.2 Å². The Bertz CT molecular complexity index is 521. The van der Waals surface area contributed by atoms with E-state index in [2.05, 4.69) is 0 Å². The normalized spacial score (nSPS) is 10.1. The van der Waals surface area contributed by atoms with Gasteiger partial charge in [-0.15, -0.1) is 0 Å². The molecule has 0 fully saturated rings. The summed E-state index contributed by atoms with van der Waals surface area (Å²) in [6.45, 7) is 4.55. The van der Waals surface area contributed by atoms with Crippen LogP contribution in [0.2, 0.25) is 0 Å². The fraction of sp³-hybridized carbons (Fsp3) is 0.200. The number of hydrogen-bond donors (Lipinski definition) is 1. The summed E-state index contributed by atoms with van der Waals surface area (Å²) in [5.41, 5.74) is 7.63. The molecule has 0 spiro atoms.